The summed E-state index contributed by atoms with van der Waals surface area (Å²) in [6.45, 7) is 10.3. The van der Waals surface area contributed by atoms with Gasteiger partial charge in [-0.15, -0.1) is 0 Å². The van der Waals surface area contributed by atoms with Crippen LogP contribution in [0.25, 0.3) is 32.7 Å². The predicted molar refractivity (Wildman–Crippen MR) is 348 cm³/mol. The fourth-order valence-corrected chi connectivity index (χ4v) is 14.0. The Morgan fingerprint density at radius 2 is 0.954 bits per heavy atom. The van der Waals surface area contributed by atoms with Crippen LogP contribution in [0.5, 0.6) is 23.0 Å². The molecule has 4 aliphatic heterocycles. The number of ether oxygens (including phenoxy) is 4. The molecule has 0 bridgehead atoms. The molecule has 3 saturated heterocycles. The van der Waals surface area contributed by atoms with Gasteiger partial charge in [0, 0.05) is 70.9 Å². The zero-order valence-corrected chi connectivity index (χ0v) is 51.5. The number of piperidine rings is 3. The Bertz CT molecular complexity index is 3630. The van der Waals surface area contributed by atoms with Gasteiger partial charge in [0.15, 0.2) is 11.5 Å². The highest BCUT2D eigenvalue weighted by atomic mass is 35.5. The van der Waals surface area contributed by atoms with E-state index in [1.165, 1.54) is 150 Å². The monoisotopic (exact) mass is 1200 g/mol. The van der Waals surface area contributed by atoms with Gasteiger partial charge in [0.2, 0.25) is 6.79 Å². The van der Waals surface area contributed by atoms with Crippen LogP contribution in [0.1, 0.15) is 134 Å². The van der Waals surface area contributed by atoms with Gasteiger partial charge in [-0.25, -0.2) is 0 Å². The molecule has 6 aromatic carbocycles. The smallest absolute Gasteiger partial charge is 0.417 e. The maximum Gasteiger partial charge on any atom is 0.417 e. The van der Waals surface area contributed by atoms with Crippen molar-refractivity contribution in [3.05, 3.63) is 190 Å². The van der Waals surface area contributed by atoms with Crippen LogP contribution in [-0.2, 0) is 25.4 Å². The van der Waals surface area contributed by atoms with Crippen LogP contribution in [-0.4, -0.2) is 110 Å². The summed E-state index contributed by atoms with van der Waals surface area (Å²) in [5, 5.41) is 3.73. The first kappa shape index (κ1) is 61.7. The molecule has 7 heterocycles. The topological polar surface area (TPSA) is 94.0 Å². The van der Waals surface area contributed by atoms with Crippen molar-refractivity contribution in [2.24, 2.45) is 0 Å². The Morgan fingerprint density at radius 3 is 1.49 bits per heavy atom. The summed E-state index contributed by atoms with van der Waals surface area (Å²) in [6.07, 6.45) is 19.5. The molecular weight excluding hydrogens is 1120 g/mol. The SMILES string of the molecule is COc1cccc(C2CCCN(CCCCc3c[nH]c4ccc(OC)cc34)C2)c1.FC(F)(F)c1cc(C2CCCN(CCCCc3c[nH]c4ccccc34)C2)ccc1Cl.c1ccc2c(CCCCN3CCCC(c4ccc5c(c4)OCO5)C3)c[nH]c2c1. The minimum Gasteiger partial charge on any atom is -0.497 e. The molecule has 0 radical (unpaired) electrons. The second-order valence-electron chi connectivity index (χ2n) is 24.4. The van der Waals surface area contributed by atoms with Crippen molar-refractivity contribution < 1.29 is 32.1 Å². The number of hydrogen-bond acceptors (Lipinski definition) is 7. The maximum atomic E-state index is 13.2. The van der Waals surface area contributed by atoms with Crippen LogP contribution in [0.3, 0.4) is 0 Å². The van der Waals surface area contributed by atoms with Crippen LogP contribution in [0, 0.1) is 0 Å². The highest BCUT2D eigenvalue weighted by molar-refractivity contribution is 6.31. The highest BCUT2D eigenvalue weighted by Gasteiger charge is 2.34. The van der Waals surface area contributed by atoms with E-state index in [1.54, 1.807) is 20.3 Å². The Hall–Kier alpha value is -6.90. The number of aryl methyl sites for hydroxylation is 3. The van der Waals surface area contributed by atoms with Crippen molar-refractivity contribution in [3.8, 4) is 23.0 Å². The van der Waals surface area contributed by atoms with Gasteiger partial charge < -0.3 is 48.6 Å². The Kier molecular flexibility index (Phi) is 21.2. The third-order valence-corrected chi connectivity index (χ3v) is 18.9. The lowest BCUT2D eigenvalue weighted by Gasteiger charge is -2.33. The second-order valence-corrected chi connectivity index (χ2v) is 24.8. The minimum absolute atomic E-state index is 0.130. The van der Waals surface area contributed by atoms with Crippen molar-refractivity contribution in [3.63, 3.8) is 0 Å². The number of methoxy groups -OCH3 is 2. The Labute approximate surface area is 516 Å². The first-order valence-electron chi connectivity index (χ1n) is 31.9. The van der Waals surface area contributed by atoms with Crippen LogP contribution in [0.15, 0.2) is 146 Å². The van der Waals surface area contributed by atoms with E-state index in [4.69, 9.17) is 30.5 Å². The van der Waals surface area contributed by atoms with Crippen molar-refractivity contribution in [2.75, 3.05) is 79.9 Å². The molecule has 13 rings (SSSR count). The molecule has 3 fully saturated rings. The molecule has 0 aliphatic carbocycles. The number of halogens is 4. The van der Waals surface area contributed by atoms with Gasteiger partial charge in [0.1, 0.15) is 11.5 Å². The Balaban J connectivity index is 0.000000135. The lowest BCUT2D eigenvalue weighted by molar-refractivity contribution is -0.137. The number of benzene rings is 6. The number of likely N-dealkylation sites (tertiary alicyclic amines) is 3. The van der Waals surface area contributed by atoms with E-state index in [-0.39, 0.29) is 10.9 Å². The first-order valence-corrected chi connectivity index (χ1v) is 32.2. The van der Waals surface area contributed by atoms with Crippen LogP contribution in [0.4, 0.5) is 13.2 Å². The molecule has 3 unspecified atom stereocenters. The number of rotatable bonds is 20. The highest BCUT2D eigenvalue weighted by Crippen LogP contribution is 2.40. The summed E-state index contributed by atoms with van der Waals surface area (Å²) < 4.78 is 61.4. The lowest BCUT2D eigenvalue weighted by Crippen LogP contribution is -2.35. The summed E-state index contributed by atoms with van der Waals surface area (Å²) in [6, 6.07) is 42.7. The summed E-state index contributed by atoms with van der Waals surface area (Å²) >= 11 is 5.78. The fraction of sp³-hybridized carbons (Fsp3) is 0.425. The maximum absolute atomic E-state index is 13.2. The lowest BCUT2D eigenvalue weighted by atomic mass is 9.89. The second kappa shape index (κ2) is 29.9. The zero-order valence-electron chi connectivity index (χ0n) is 50.8. The normalized spacial score (nSPS) is 18.3. The number of alkyl halides is 3. The zero-order chi connectivity index (χ0) is 60.0. The summed E-state index contributed by atoms with van der Waals surface area (Å²) in [7, 11) is 3.47. The molecule has 3 N–H and O–H groups in total. The number of nitrogens with zero attached hydrogens (tertiary/aromatic N) is 3. The average Bonchev–Trinajstić information content (AvgIpc) is 3.82. The molecule has 10 nitrogen and oxygen atoms in total. The van der Waals surface area contributed by atoms with Crippen molar-refractivity contribution >= 4 is 44.3 Å². The molecule has 3 atom stereocenters. The van der Waals surface area contributed by atoms with Crippen molar-refractivity contribution in [1.82, 2.24) is 29.7 Å². The van der Waals surface area contributed by atoms with Crippen molar-refractivity contribution in [1.29, 1.82) is 0 Å². The van der Waals surface area contributed by atoms with E-state index in [9.17, 15) is 13.2 Å². The molecule has 9 aromatic rings. The third-order valence-electron chi connectivity index (χ3n) is 18.6. The summed E-state index contributed by atoms with van der Waals surface area (Å²) in [5.41, 5.74) is 10.6. The molecule has 0 saturated carbocycles. The van der Waals surface area contributed by atoms with Crippen LogP contribution < -0.4 is 18.9 Å². The largest absolute Gasteiger partial charge is 0.497 e. The number of H-pyrrole nitrogens is 3. The molecule has 14 heteroatoms. The number of fused-ring (bicyclic) bond motifs is 4. The van der Waals surface area contributed by atoms with Gasteiger partial charge in [-0.3, -0.25) is 0 Å². The van der Waals surface area contributed by atoms with Gasteiger partial charge in [-0.05, 0) is 253 Å². The van der Waals surface area contributed by atoms with Crippen LogP contribution >= 0.6 is 11.6 Å². The standard InChI is InChI=1S/C25H32N2O2.C24H26ClF3N2.C24H28N2O2/c1-28-22-10-5-8-19(15-22)21-9-6-14-27(18-21)13-4-3-7-20-17-26-25-12-11-23(29-2)16-24(20)25;25-22-11-10-17(14-21(22)24(26,27)28)19-7-5-13-30(16-19)12-4-3-6-18-15-29-23-9-2-1-8-20(18)23;1-2-9-22-21(8-1)19(15-25-22)6-3-4-12-26-13-5-7-20(16-26)18-10-11-23-24(14-18)28-17-27-23/h5,8,10-12,15-17,21,26H,3-4,6-7,9,13-14,18H2,1-2H3;1-2,8-11,14-15,19,29H,3-7,12-13,16H2;1-2,8-11,14-15,20,25H,3-7,12-13,16-17H2. The number of aromatic amines is 3. The molecule has 87 heavy (non-hydrogen) atoms. The van der Waals surface area contributed by atoms with Gasteiger partial charge in [-0.1, -0.05) is 72.3 Å². The number of aromatic nitrogens is 3. The minimum atomic E-state index is -4.41. The third kappa shape index (κ3) is 16.3. The average molecular weight is 1200 g/mol. The fourth-order valence-electron chi connectivity index (χ4n) is 13.8. The molecule has 4 aliphatic rings. The van der Waals surface area contributed by atoms with E-state index >= 15 is 0 Å². The predicted octanol–water partition coefficient (Wildman–Crippen LogP) is 17.5. The van der Waals surface area contributed by atoms with E-state index in [1.807, 2.05) is 18.2 Å². The van der Waals surface area contributed by atoms with E-state index in [0.717, 1.165) is 106 Å². The number of para-hydroxylation sites is 2. The molecule has 460 valence electrons. The molecule has 0 spiro atoms. The van der Waals surface area contributed by atoms with Crippen molar-refractivity contribution in [2.45, 2.75) is 120 Å². The quantitative estimate of drug-likeness (QED) is 0.0655. The number of nitrogens with one attached hydrogen (secondary N) is 3. The summed E-state index contributed by atoms with van der Waals surface area (Å²) in [4.78, 5) is 17.8. The van der Waals surface area contributed by atoms with Gasteiger partial charge in [0.05, 0.1) is 24.8 Å². The van der Waals surface area contributed by atoms with Gasteiger partial charge >= 0.3 is 6.18 Å². The number of unbranched alkanes of at least 4 members (excludes halogenated alkanes) is 3. The first-order chi connectivity index (χ1) is 42.5. The van der Waals surface area contributed by atoms with E-state index < -0.39 is 11.7 Å². The molecule has 0 amide bonds. The summed E-state index contributed by atoms with van der Waals surface area (Å²) in [5.74, 6) is 5.05. The van der Waals surface area contributed by atoms with E-state index in [2.05, 4.69) is 139 Å². The molecular formula is C73H86ClF3N6O4. The van der Waals surface area contributed by atoms with Crippen LogP contribution in [0.2, 0.25) is 5.02 Å². The number of hydrogen-bond donors (Lipinski definition) is 3. The van der Waals surface area contributed by atoms with E-state index in [0.29, 0.717) is 18.6 Å². The Morgan fingerprint density at radius 1 is 0.483 bits per heavy atom. The molecule has 3 aromatic heterocycles. The van der Waals surface area contributed by atoms with Gasteiger partial charge in [-0.2, -0.15) is 13.2 Å². The van der Waals surface area contributed by atoms with Gasteiger partial charge in [0.25, 0.3) is 0 Å².